The number of nitrogens with zero attached hydrogens (tertiary/aromatic N) is 1. The van der Waals surface area contributed by atoms with E-state index in [1.54, 1.807) is 13.0 Å². The van der Waals surface area contributed by atoms with Gasteiger partial charge in [0.1, 0.15) is 12.3 Å². The van der Waals surface area contributed by atoms with E-state index in [0.29, 0.717) is 0 Å². The molecule has 7 nitrogen and oxygen atoms in total. The van der Waals surface area contributed by atoms with E-state index in [9.17, 15) is 14.4 Å². The minimum absolute atomic E-state index is 0.115. The lowest BCUT2D eigenvalue weighted by Gasteiger charge is -2.15. The van der Waals surface area contributed by atoms with E-state index in [1.807, 2.05) is 30.3 Å². The van der Waals surface area contributed by atoms with Crippen molar-refractivity contribution in [3.05, 3.63) is 80.6 Å². The number of aromatic amines is 1. The molecule has 0 radical (unpaired) electrons. The Bertz CT molecular complexity index is 852. The maximum atomic E-state index is 12.3. The summed E-state index contributed by atoms with van der Waals surface area (Å²) in [4.78, 5) is 38.9. The first kappa shape index (κ1) is 18.4. The Morgan fingerprint density at radius 3 is 2.64 bits per heavy atom. The highest BCUT2D eigenvalue weighted by atomic mass is 16.5. The van der Waals surface area contributed by atoms with Crippen LogP contribution in [-0.2, 0) is 22.6 Å². The summed E-state index contributed by atoms with van der Waals surface area (Å²) in [5.41, 5.74) is -0.507. The molecule has 0 spiro atoms. The third kappa shape index (κ3) is 4.54. The number of esters is 1. The summed E-state index contributed by atoms with van der Waals surface area (Å²) in [6, 6.07) is 9.21. The number of hydrogen-bond acceptors (Lipinski definition) is 5. The van der Waals surface area contributed by atoms with Gasteiger partial charge < -0.3 is 9.47 Å². The van der Waals surface area contributed by atoms with Crippen LogP contribution in [0, 0.1) is 0 Å². The molecule has 0 unspecified atom stereocenters. The van der Waals surface area contributed by atoms with Crippen LogP contribution in [0.25, 0.3) is 0 Å². The minimum atomic E-state index is -0.771. The highest BCUT2D eigenvalue weighted by Gasteiger charge is 2.22. The van der Waals surface area contributed by atoms with Crippen LogP contribution in [0.3, 0.4) is 0 Å². The fourth-order valence-corrected chi connectivity index (χ4v) is 2.37. The van der Waals surface area contributed by atoms with Gasteiger partial charge in [-0.2, -0.15) is 0 Å². The number of ether oxygens (including phenoxy) is 2. The summed E-state index contributed by atoms with van der Waals surface area (Å²) in [5.74, 6) is -0.771. The molecule has 1 heterocycles. The zero-order chi connectivity index (χ0) is 18.2. The zero-order valence-corrected chi connectivity index (χ0v) is 14.0. The largest absolute Gasteiger partial charge is 0.462 e. The third-order valence-corrected chi connectivity index (χ3v) is 3.46. The van der Waals surface area contributed by atoms with Gasteiger partial charge in [-0.25, -0.2) is 9.59 Å². The predicted octanol–water partition coefficient (Wildman–Crippen LogP) is 1.46. The average Bonchev–Trinajstić information content (AvgIpc) is 2.58. The Kier molecular flexibility index (Phi) is 6.47. The number of nitrogens with one attached hydrogen (secondary N) is 1. The Hall–Kier alpha value is -2.93. The van der Waals surface area contributed by atoms with Crippen LogP contribution in [0.2, 0.25) is 0 Å². The van der Waals surface area contributed by atoms with Crippen molar-refractivity contribution in [3.63, 3.8) is 0 Å². The molecule has 132 valence electrons. The lowest BCUT2D eigenvalue weighted by Crippen LogP contribution is -2.38. The van der Waals surface area contributed by atoms with Gasteiger partial charge in [0, 0.05) is 12.1 Å². The number of aromatic nitrogens is 2. The molecule has 0 atom stereocenters. The van der Waals surface area contributed by atoms with E-state index in [2.05, 4.69) is 11.6 Å². The van der Waals surface area contributed by atoms with Crippen molar-refractivity contribution < 1.29 is 14.3 Å². The van der Waals surface area contributed by atoms with Crippen molar-refractivity contribution in [1.29, 1.82) is 0 Å². The van der Waals surface area contributed by atoms with Crippen LogP contribution >= 0.6 is 0 Å². The SMILES string of the molecule is C=CCOCn1c(Cc2ccccc2)c(C(=O)OCC)c(=O)[nH]c1=O. The molecule has 1 aromatic heterocycles. The molecule has 0 saturated heterocycles. The molecule has 0 aliphatic carbocycles. The molecule has 0 aliphatic heterocycles. The fraction of sp³-hybridized carbons (Fsp3) is 0.278. The second-order valence-corrected chi connectivity index (χ2v) is 5.18. The van der Waals surface area contributed by atoms with Crippen LogP contribution in [-0.4, -0.2) is 28.7 Å². The molecule has 1 N–H and O–H groups in total. The van der Waals surface area contributed by atoms with E-state index >= 15 is 0 Å². The average molecular weight is 344 g/mol. The first-order valence-corrected chi connectivity index (χ1v) is 7.84. The maximum Gasteiger partial charge on any atom is 0.345 e. The highest BCUT2D eigenvalue weighted by Crippen LogP contribution is 2.12. The van der Waals surface area contributed by atoms with E-state index < -0.39 is 17.2 Å². The molecule has 0 aliphatic rings. The molecular weight excluding hydrogens is 324 g/mol. The first-order valence-electron chi connectivity index (χ1n) is 7.84. The van der Waals surface area contributed by atoms with Crippen molar-refractivity contribution in [2.75, 3.05) is 13.2 Å². The lowest BCUT2D eigenvalue weighted by molar-refractivity contribution is 0.0517. The fourth-order valence-electron chi connectivity index (χ4n) is 2.37. The van der Waals surface area contributed by atoms with Crippen molar-refractivity contribution in [2.24, 2.45) is 0 Å². The number of carbonyl (C=O) groups is 1. The standard InChI is InChI=1S/C18H20N2O5/c1-3-10-24-12-20-14(11-13-8-6-5-7-9-13)15(17(22)25-4-2)16(21)19-18(20)23/h3,5-9H,1,4,10-12H2,2H3,(H,19,21,23). The van der Waals surface area contributed by atoms with Crippen molar-refractivity contribution in [2.45, 2.75) is 20.1 Å². The van der Waals surface area contributed by atoms with Crippen LogP contribution in [0.1, 0.15) is 28.5 Å². The number of rotatable bonds is 8. The van der Waals surface area contributed by atoms with Crippen LogP contribution < -0.4 is 11.2 Å². The first-order chi connectivity index (χ1) is 12.1. The van der Waals surface area contributed by atoms with Gasteiger partial charge in [-0.15, -0.1) is 6.58 Å². The van der Waals surface area contributed by atoms with Crippen LogP contribution in [0.4, 0.5) is 0 Å². The maximum absolute atomic E-state index is 12.3. The molecule has 2 aromatic rings. The van der Waals surface area contributed by atoms with Crippen molar-refractivity contribution >= 4 is 5.97 Å². The van der Waals surface area contributed by atoms with E-state index in [4.69, 9.17) is 9.47 Å². The zero-order valence-electron chi connectivity index (χ0n) is 14.0. The Morgan fingerprint density at radius 1 is 1.28 bits per heavy atom. The quantitative estimate of drug-likeness (QED) is 0.445. The molecule has 0 amide bonds. The summed E-state index contributed by atoms with van der Waals surface area (Å²) >= 11 is 0. The van der Waals surface area contributed by atoms with Gasteiger partial charge >= 0.3 is 11.7 Å². The Labute approximate surface area is 144 Å². The number of H-pyrrole nitrogens is 1. The third-order valence-electron chi connectivity index (χ3n) is 3.46. The summed E-state index contributed by atoms with van der Waals surface area (Å²) in [6.45, 7) is 5.42. The van der Waals surface area contributed by atoms with Gasteiger partial charge in [0.25, 0.3) is 5.56 Å². The number of benzene rings is 1. The van der Waals surface area contributed by atoms with Gasteiger partial charge in [-0.05, 0) is 12.5 Å². The van der Waals surface area contributed by atoms with E-state index in [0.717, 1.165) is 5.56 Å². The van der Waals surface area contributed by atoms with Gasteiger partial charge in [-0.1, -0.05) is 36.4 Å². The molecule has 0 fully saturated rings. The van der Waals surface area contributed by atoms with Gasteiger partial charge in [0.2, 0.25) is 0 Å². The van der Waals surface area contributed by atoms with E-state index in [-0.39, 0.29) is 37.6 Å². The monoisotopic (exact) mass is 344 g/mol. The summed E-state index contributed by atoms with van der Waals surface area (Å²) in [6.07, 6.45) is 1.76. The molecular formula is C18H20N2O5. The van der Waals surface area contributed by atoms with Crippen molar-refractivity contribution in [1.82, 2.24) is 9.55 Å². The predicted molar refractivity (Wildman–Crippen MR) is 92.7 cm³/mol. The second-order valence-electron chi connectivity index (χ2n) is 5.18. The summed E-state index contributed by atoms with van der Waals surface area (Å²) < 4.78 is 11.5. The number of carbonyl (C=O) groups excluding carboxylic acids is 1. The van der Waals surface area contributed by atoms with Crippen LogP contribution in [0.15, 0.2) is 52.6 Å². The van der Waals surface area contributed by atoms with Gasteiger partial charge in [0.15, 0.2) is 0 Å². The summed E-state index contributed by atoms with van der Waals surface area (Å²) in [7, 11) is 0. The Morgan fingerprint density at radius 2 is 2.00 bits per heavy atom. The normalized spacial score (nSPS) is 10.4. The second kappa shape index (κ2) is 8.79. The van der Waals surface area contributed by atoms with Crippen LogP contribution in [0.5, 0.6) is 0 Å². The summed E-state index contributed by atoms with van der Waals surface area (Å²) in [5, 5.41) is 0. The molecule has 0 bridgehead atoms. The lowest BCUT2D eigenvalue weighted by atomic mass is 10.1. The van der Waals surface area contributed by atoms with Crippen molar-refractivity contribution in [3.8, 4) is 0 Å². The molecule has 2 rings (SSSR count). The van der Waals surface area contributed by atoms with E-state index in [1.165, 1.54) is 4.57 Å². The highest BCUT2D eigenvalue weighted by molar-refractivity contribution is 5.90. The Balaban J connectivity index is 2.58. The smallest absolute Gasteiger partial charge is 0.345 e. The van der Waals surface area contributed by atoms with Gasteiger partial charge in [0.05, 0.1) is 13.2 Å². The number of hydrogen-bond donors (Lipinski definition) is 1. The molecule has 0 saturated carbocycles. The molecule has 25 heavy (non-hydrogen) atoms. The molecule has 7 heteroatoms. The molecule has 1 aromatic carbocycles. The van der Waals surface area contributed by atoms with Gasteiger partial charge in [-0.3, -0.25) is 14.3 Å². The minimum Gasteiger partial charge on any atom is -0.462 e. The topological polar surface area (TPSA) is 90.4 Å².